The Hall–Kier alpha value is -1.88. The molecule has 1 rings (SSSR count). The van der Waals surface area contributed by atoms with Crippen molar-refractivity contribution < 1.29 is 19.5 Å². The Morgan fingerprint density at radius 2 is 1.94 bits per heavy atom. The van der Waals surface area contributed by atoms with Crippen LogP contribution in [-0.2, 0) is 9.59 Å². The van der Waals surface area contributed by atoms with Crippen LogP contribution in [0.2, 0.25) is 5.02 Å². The zero-order valence-corrected chi connectivity index (χ0v) is 10.2. The summed E-state index contributed by atoms with van der Waals surface area (Å²) in [6, 6.07) is 5.37. The summed E-state index contributed by atoms with van der Waals surface area (Å²) in [6.45, 7) is 0. The van der Waals surface area contributed by atoms with Gasteiger partial charge in [0.05, 0.1) is 6.04 Å². The highest BCUT2D eigenvalue weighted by Crippen LogP contribution is 2.09. The predicted octanol–water partition coefficient (Wildman–Crippen LogP) is 1.50. The molecule has 5 nitrogen and oxygen atoms in total. The molecule has 0 aliphatic heterocycles. The van der Waals surface area contributed by atoms with Gasteiger partial charge in [-0.2, -0.15) is 0 Å². The zero-order chi connectivity index (χ0) is 13.5. The average molecular weight is 270 g/mol. The van der Waals surface area contributed by atoms with Crippen LogP contribution in [0.5, 0.6) is 0 Å². The van der Waals surface area contributed by atoms with Crippen molar-refractivity contribution in [2.45, 2.75) is 18.9 Å². The first-order chi connectivity index (χ1) is 8.52. The summed E-state index contributed by atoms with van der Waals surface area (Å²) in [4.78, 5) is 32.8. The number of amides is 1. The number of carboxylic acids is 1. The number of aliphatic carboxylic acids is 1. The van der Waals surface area contributed by atoms with E-state index in [2.05, 4.69) is 5.32 Å². The molecule has 96 valence electrons. The molecule has 0 radical (unpaired) electrons. The second kappa shape index (κ2) is 6.76. The van der Waals surface area contributed by atoms with Gasteiger partial charge in [0, 0.05) is 17.0 Å². The van der Waals surface area contributed by atoms with Crippen molar-refractivity contribution >= 4 is 29.8 Å². The summed E-state index contributed by atoms with van der Waals surface area (Å²) < 4.78 is 0. The number of aldehydes is 1. The van der Waals surface area contributed by atoms with Crippen LogP contribution in [0.4, 0.5) is 0 Å². The SMILES string of the molecule is O=C[C@H](CCC(=O)O)NC(=O)c1ccc(Cl)cc1. The normalized spacial score (nSPS) is 11.6. The van der Waals surface area contributed by atoms with Crippen molar-refractivity contribution in [2.24, 2.45) is 0 Å². The average Bonchev–Trinajstić information content (AvgIpc) is 2.34. The molecule has 1 aromatic carbocycles. The van der Waals surface area contributed by atoms with E-state index >= 15 is 0 Å². The zero-order valence-electron chi connectivity index (χ0n) is 9.43. The fraction of sp³-hybridized carbons (Fsp3) is 0.250. The largest absolute Gasteiger partial charge is 0.481 e. The topological polar surface area (TPSA) is 83.5 Å². The number of halogens is 1. The van der Waals surface area contributed by atoms with Crippen LogP contribution in [0.1, 0.15) is 23.2 Å². The maximum absolute atomic E-state index is 11.7. The van der Waals surface area contributed by atoms with Crippen molar-refractivity contribution in [1.82, 2.24) is 5.32 Å². The third-order valence-corrected chi connectivity index (χ3v) is 2.51. The van der Waals surface area contributed by atoms with Gasteiger partial charge in [-0.05, 0) is 30.7 Å². The van der Waals surface area contributed by atoms with E-state index in [9.17, 15) is 14.4 Å². The molecule has 0 saturated heterocycles. The Kier molecular flexibility index (Phi) is 5.32. The van der Waals surface area contributed by atoms with Crippen LogP contribution in [-0.4, -0.2) is 29.3 Å². The smallest absolute Gasteiger partial charge is 0.303 e. The number of hydrogen-bond donors (Lipinski definition) is 2. The minimum atomic E-state index is -1.01. The molecule has 0 aliphatic rings. The van der Waals surface area contributed by atoms with Gasteiger partial charge in [0.1, 0.15) is 6.29 Å². The van der Waals surface area contributed by atoms with Crippen LogP contribution in [0.15, 0.2) is 24.3 Å². The molecule has 0 bridgehead atoms. The van der Waals surface area contributed by atoms with Gasteiger partial charge in [-0.1, -0.05) is 11.6 Å². The molecular formula is C12H12ClNO4. The van der Waals surface area contributed by atoms with Gasteiger partial charge in [-0.25, -0.2) is 0 Å². The van der Waals surface area contributed by atoms with E-state index in [4.69, 9.17) is 16.7 Å². The van der Waals surface area contributed by atoms with Gasteiger partial charge >= 0.3 is 5.97 Å². The third kappa shape index (κ3) is 4.55. The van der Waals surface area contributed by atoms with E-state index in [1.807, 2.05) is 0 Å². The summed E-state index contributed by atoms with van der Waals surface area (Å²) in [5.41, 5.74) is 0.363. The monoisotopic (exact) mass is 269 g/mol. The summed E-state index contributed by atoms with van der Waals surface area (Å²) in [5.74, 6) is -1.45. The Balaban J connectivity index is 2.59. The second-order valence-corrected chi connectivity index (χ2v) is 4.09. The van der Waals surface area contributed by atoms with Crippen molar-refractivity contribution in [2.75, 3.05) is 0 Å². The van der Waals surface area contributed by atoms with Crippen LogP contribution < -0.4 is 5.32 Å². The van der Waals surface area contributed by atoms with E-state index in [1.54, 1.807) is 12.1 Å². The molecule has 0 aliphatic carbocycles. The lowest BCUT2D eigenvalue weighted by Gasteiger charge is -2.11. The molecule has 2 N–H and O–H groups in total. The third-order valence-electron chi connectivity index (χ3n) is 2.26. The first kappa shape index (κ1) is 14.2. The molecule has 0 saturated carbocycles. The molecule has 6 heteroatoms. The first-order valence-corrected chi connectivity index (χ1v) is 5.64. The highest BCUT2D eigenvalue weighted by molar-refractivity contribution is 6.30. The molecule has 0 fully saturated rings. The lowest BCUT2D eigenvalue weighted by molar-refractivity contribution is -0.137. The van der Waals surface area contributed by atoms with Gasteiger partial charge in [-0.15, -0.1) is 0 Å². The lowest BCUT2D eigenvalue weighted by atomic mass is 10.1. The molecule has 1 atom stereocenters. The maximum Gasteiger partial charge on any atom is 0.303 e. The number of hydrogen-bond acceptors (Lipinski definition) is 3. The number of rotatable bonds is 6. The van der Waals surface area contributed by atoms with Crippen LogP contribution in [0.25, 0.3) is 0 Å². The van der Waals surface area contributed by atoms with Crippen molar-refractivity contribution in [3.63, 3.8) is 0 Å². The predicted molar refractivity (Wildman–Crippen MR) is 65.6 cm³/mol. The van der Waals surface area contributed by atoms with Gasteiger partial charge in [0.15, 0.2) is 0 Å². The lowest BCUT2D eigenvalue weighted by Crippen LogP contribution is -2.36. The van der Waals surface area contributed by atoms with Crippen molar-refractivity contribution in [3.8, 4) is 0 Å². The summed E-state index contributed by atoms with van der Waals surface area (Å²) >= 11 is 5.68. The number of carbonyl (C=O) groups excluding carboxylic acids is 2. The maximum atomic E-state index is 11.7. The molecular weight excluding hydrogens is 258 g/mol. The Labute approximate surface area is 109 Å². The fourth-order valence-electron chi connectivity index (χ4n) is 1.31. The molecule has 0 aromatic heterocycles. The van der Waals surface area contributed by atoms with Crippen LogP contribution in [0, 0.1) is 0 Å². The number of nitrogens with one attached hydrogen (secondary N) is 1. The highest BCUT2D eigenvalue weighted by atomic mass is 35.5. The van der Waals surface area contributed by atoms with Crippen LogP contribution >= 0.6 is 11.6 Å². The molecule has 0 spiro atoms. The highest BCUT2D eigenvalue weighted by Gasteiger charge is 2.14. The van der Waals surface area contributed by atoms with Crippen molar-refractivity contribution in [3.05, 3.63) is 34.9 Å². The minimum absolute atomic E-state index is 0.0676. The standard InChI is InChI=1S/C12H12ClNO4/c13-9-3-1-8(2-4-9)12(18)14-10(7-15)5-6-11(16)17/h1-4,7,10H,5-6H2,(H,14,18)(H,16,17)/t10-/m0/s1. The Bertz CT molecular complexity index is 444. The van der Waals surface area contributed by atoms with Gasteiger partial charge in [0.2, 0.25) is 0 Å². The Morgan fingerprint density at radius 1 is 1.33 bits per heavy atom. The van der Waals surface area contributed by atoms with Crippen molar-refractivity contribution in [1.29, 1.82) is 0 Å². The molecule has 0 unspecified atom stereocenters. The second-order valence-electron chi connectivity index (χ2n) is 3.66. The molecule has 1 amide bonds. The first-order valence-electron chi connectivity index (χ1n) is 5.26. The number of carbonyl (C=O) groups is 3. The number of benzene rings is 1. The fourth-order valence-corrected chi connectivity index (χ4v) is 1.43. The van der Waals surface area contributed by atoms with Gasteiger partial charge in [-0.3, -0.25) is 9.59 Å². The molecule has 1 aromatic rings. The van der Waals surface area contributed by atoms with E-state index in [1.165, 1.54) is 12.1 Å². The van der Waals surface area contributed by atoms with Crippen LogP contribution in [0.3, 0.4) is 0 Å². The van der Waals surface area contributed by atoms with Gasteiger partial charge in [0.25, 0.3) is 5.91 Å². The van der Waals surface area contributed by atoms with E-state index in [-0.39, 0.29) is 12.8 Å². The van der Waals surface area contributed by atoms with Gasteiger partial charge < -0.3 is 15.2 Å². The molecule has 18 heavy (non-hydrogen) atoms. The van der Waals surface area contributed by atoms with E-state index < -0.39 is 17.9 Å². The Morgan fingerprint density at radius 3 is 2.44 bits per heavy atom. The quantitative estimate of drug-likeness (QED) is 0.767. The number of carboxylic acid groups (broad SMARTS) is 1. The molecule has 0 heterocycles. The summed E-state index contributed by atoms with van der Waals surface area (Å²) in [7, 11) is 0. The van der Waals surface area contributed by atoms with E-state index in [0.29, 0.717) is 16.9 Å². The minimum Gasteiger partial charge on any atom is -0.481 e. The van der Waals surface area contributed by atoms with E-state index in [0.717, 1.165) is 0 Å². The summed E-state index contributed by atoms with van der Waals surface area (Å²) in [5, 5.41) is 11.4. The summed E-state index contributed by atoms with van der Waals surface area (Å²) in [6.07, 6.45) is 0.416.